The van der Waals surface area contributed by atoms with Crippen molar-refractivity contribution in [2.24, 2.45) is 0 Å². The number of carbonyl (C=O) groups is 1. The van der Waals surface area contributed by atoms with Crippen LogP contribution >= 0.6 is 0 Å². The van der Waals surface area contributed by atoms with Crippen molar-refractivity contribution < 1.29 is 19.0 Å². The number of fused-ring (bicyclic) bond motifs is 1. The zero-order valence-electron chi connectivity index (χ0n) is 19.8. The molecule has 3 aromatic carbocycles. The number of aromatic nitrogens is 1. The molecule has 2 unspecified atom stereocenters. The zero-order chi connectivity index (χ0) is 24.0. The average molecular weight is 471 g/mol. The summed E-state index contributed by atoms with van der Waals surface area (Å²) in [5.74, 6) is 1.41. The van der Waals surface area contributed by atoms with Gasteiger partial charge in [-0.2, -0.15) is 0 Å². The normalized spacial score (nSPS) is 16.2. The Hall–Kier alpha value is -3.77. The predicted octanol–water partition coefficient (Wildman–Crippen LogP) is 5.30. The third-order valence-corrected chi connectivity index (χ3v) is 6.56. The molecule has 2 atom stereocenters. The lowest BCUT2D eigenvalue weighted by atomic mass is 9.90. The van der Waals surface area contributed by atoms with Gasteiger partial charge in [0.25, 0.3) is 5.91 Å². The third kappa shape index (κ3) is 5.33. The second-order valence-corrected chi connectivity index (χ2v) is 8.80. The number of nitrogens with one attached hydrogen (secondary N) is 2. The summed E-state index contributed by atoms with van der Waals surface area (Å²) in [6.07, 6.45) is 4.32. The van der Waals surface area contributed by atoms with Crippen LogP contribution in [0.2, 0.25) is 0 Å². The van der Waals surface area contributed by atoms with Crippen molar-refractivity contribution in [1.82, 2.24) is 10.3 Å². The molecule has 0 bridgehead atoms. The maximum absolute atomic E-state index is 13.0. The molecule has 1 fully saturated rings. The summed E-state index contributed by atoms with van der Waals surface area (Å²) in [4.78, 5) is 16.4. The summed E-state index contributed by atoms with van der Waals surface area (Å²) in [5, 5.41) is 4.28. The highest BCUT2D eigenvalue weighted by atomic mass is 16.5. The zero-order valence-corrected chi connectivity index (χ0v) is 19.8. The van der Waals surface area contributed by atoms with Gasteiger partial charge in [-0.05, 0) is 66.4 Å². The first-order valence-corrected chi connectivity index (χ1v) is 12.0. The molecule has 5 rings (SSSR count). The van der Waals surface area contributed by atoms with Crippen LogP contribution in [0.15, 0.2) is 79.0 Å². The van der Waals surface area contributed by atoms with E-state index in [4.69, 9.17) is 14.2 Å². The van der Waals surface area contributed by atoms with Gasteiger partial charge in [-0.15, -0.1) is 0 Å². The number of rotatable bonds is 9. The van der Waals surface area contributed by atoms with Crippen LogP contribution in [0.5, 0.6) is 11.5 Å². The second-order valence-electron chi connectivity index (χ2n) is 8.80. The van der Waals surface area contributed by atoms with Crippen LogP contribution in [0.3, 0.4) is 0 Å². The molecule has 1 aliphatic heterocycles. The standard InChI is InChI=1S/C29H30N2O4/c1-33-22-12-8-20(9-13-22)26(27-18-30-28-7-3-2-6-25(27)28)17-31-29(32)21-10-14-23(15-11-21)35-19-24-5-4-16-34-24/h2-3,6-15,18,24,26,30H,4-5,16-17,19H2,1H3,(H,31,32). The lowest BCUT2D eigenvalue weighted by Gasteiger charge is -2.19. The summed E-state index contributed by atoms with van der Waals surface area (Å²) in [5.41, 5.74) is 3.92. The molecule has 0 radical (unpaired) electrons. The van der Waals surface area contributed by atoms with Gasteiger partial charge in [0.2, 0.25) is 0 Å². The molecule has 1 aromatic heterocycles. The molecule has 0 aliphatic carbocycles. The van der Waals surface area contributed by atoms with Crippen molar-refractivity contribution in [2.75, 3.05) is 26.9 Å². The number of methoxy groups -OCH3 is 1. The van der Waals surface area contributed by atoms with Crippen molar-refractivity contribution >= 4 is 16.8 Å². The van der Waals surface area contributed by atoms with Crippen molar-refractivity contribution in [2.45, 2.75) is 24.9 Å². The fraction of sp³-hybridized carbons (Fsp3) is 0.276. The number of aromatic amines is 1. The van der Waals surface area contributed by atoms with Crippen LogP contribution < -0.4 is 14.8 Å². The van der Waals surface area contributed by atoms with Crippen molar-refractivity contribution in [3.8, 4) is 11.5 Å². The summed E-state index contributed by atoms with van der Waals surface area (Å²) >= 11 is 0. The van der Waals surface area contributed by atoms with Crippen LogP contribution in [-0.2, 0) is 4.74 Å². The van der Waals surface area contributed by atoms with E-state index in [9.17, 15) is 4.79 Å². The fourth-order valence-electron chi connectivity index (χ4n) is 4.59. The van der Waals surface area contributed by atoms with Gasteiger partial charge in [-0.1, -0.05) is 30.3 Å². The number of para-hydroxylation sites is 1. The van der Waals surface area contributed by atoms with Crippen LogP contribution in [-0.4, -0.2) is 43.9 Å². The number of benzene rings is 3. The van der Waals surface area contributed by atoms with Gasteiger partial charge in [0, 0.05) is 41.7 Å². The highest BCUT2D eigenvalue weighted by Gasteiger charge is 2.20. The van der Waals surface area contributed by atoms with Crippen LogP contribution in [0.1, 0.15) is 40.2 Å². The van der Waals surface area contributed by atoms with Gasteiger partial charge in [0.15, 0.2) is 0 Å². The van der Waals surface area contributed by atoms with Gasteiger partial charge in [0.05, 0.1) is 13.2 Å². The first kappa shape index (κ1) is 23.0. The number of amides is 1. The maximum Gasteiger partial charge on any atom is 0.251 e. The van der Waals surface area contributed by atoms with Crippen molar-refractivity contribution in [3.05, 3.63) is 95.7 Å². The Morgan fingerprint density at radius 2 is 1.83 bits per heavy atom. The van der Waals surface area contributed by atoms with E-state index in [2.05, 4.69) is 34.6 Å². The van der Waals surface area contributed by atoms with E-state index in [1.54, 1.807) is 19.2 Å². The molecular formula is C29H30N2O4. The Kier molecular flexibility index (Phi) is 7.00. The van der Waals surface area contributed by atoms with E-state index in [1.807, 2.05) is 42.6 Å². The number of ether oxygens (including phenoxy) is 3. The molecule has 6 heteroatoms. The molecule has 35 heavy (non-hydrogen) atoms. The monoisotopic (exact) mass is 470 g/mol. The van der Waals surface area contributed by atoms with Gasteiger partial charge < -0.3 is 24.5 Å². The Morgan fingerprint density at radius 1 is 1.06 bits per heavy atom. The van der Waals surface area contributed by atoms with Crippen molar-refractivity contribution in [3.63, 3.8) is 0 Å². The fourth-order valence-corrected chi connectivity index (χ4v) is 4.59. The third-order valence-electron chi connectivity index (χ3n) is 6.56. The van der Waals surface area contributed by atoms with E-state index in [1.165, 1.54) is 0 Å². The SMILES string of the molecule is COc1ccc(C(CNC(=O)c2ccc(OCC3CCCO3)cc2)c2c[nH]c3ccccc23)cc1. The van der Waals surface area contributed by atoms with Gasteiger partial charge in [0.1, 0.15) is 18.1 Å². The van der Waals surface area contributed by atoms with Crippen molar-refractivity contribution in [1.29, 1.82) is 0 Å². The lowest BCUT2D eigenvalue weighted by Crippen LogP contribution is -2.28. The van der Waals surface area contributed by atoms with Crippen LogP contribution in [0, 0.1) is 0 Å². The van der Waals surface area contributed by atoms with E-state index in [0.29, 0.717) is 18.7 Å². The topological polar surface area (TPSA) is 72.6 Å². The van der Waals surface area contributed by atoms with E-state index >= 15 is 0 Å². The summed E-state index contributed by atoms with van der Waals surface area (Å²) in [7, 11) is 1.66. The highest BCUT2D eigenvalue weighted by Crippen LogP contribution is 2.31. The molecule has 4 aromatic rings. The molecule has 180 valence electrons. The second kappa shape index (κ2) is 10.7. The first-order chi connectivity index (χ1) is 17.2. The quantitative estimate of drug-likeness (QED) is 0.348. The molecule has 1 aliphatic rings. The number of hydrogen-bond donors (Lipinski definition) is 2. The Labute approximate surface area is 205 Å². The van der Waals surface area contributed by atoms with Crippen LogP contribution in [0.4, 0.5) is 0 Å². The molecule has 2 heterocycles. The molecule has 0 saturated carbocycles. The van der Waals surface area contributed by atoms with E-state index in [0.717, 1.165) is 53.0 Å². The Bertz CT molecular complexity index is 1260. The molecule has 0 spiro atoms. The molecule has 1 amide bonds. The van der Waals surface area contributed by atoms with Gasteiger partial charge in [-0.3, -0.25) is 4.79 Å². The first-order valence-electron chi connectivity index (χ1n) is 12.0. The molecule has 6 nitrogen and oxygen atoms in total. The minimum absolute atomic E-state index is 0.0185. The van der Waals surface area contributed by atoms with Gasteiger partial charge >= 0.3 is 0 Å². The maximum atomic E-state index is 13.0. The Balaban J connectivity index is 1.29. The summed E-state index contributed by atoms with van der Waals surface area (Å²) < 4.78 is 16.7. The largest absolute Gasteiger partial charge is 0.497 e. The smallest absolute Gasteiger partial charge is 0.251 e. The molecule has 2 N–H and O–H groups in total. The lowest BCUT2D eigenvalue weighted by molar-refractivity contribution is 0.0679. The number of hydrogen-bond acceptors (Lipinski definition) is 4. The van der Waals surface area contributed by atoms with Gasteiger partial charge in [-0.25, -0.2) is 0 Å². The van der Waals surface area contributed by atoms with Crippen LogP contribution in [0.25, 0.3) is 10.9 Å². The number of H-pyrrole nitrogens is 1. The molecule has 1 saturated heterocycles. The minimum Gasteiger partial charge on any atom is -0.497 e. The predicted molar refractivity (Wildman–Crippen MR) is 136 cm³/mol. The average Bonchev–Trinajstić information content (AvgIpc) is 3.59. The van der Waals surface area contributed by atoms with E-state index in [-0.39, 0.29) is 17.9 Å². The highest BCUT2D eigenvalue weighted by molar-refractivity contribution is 5.94. The number of carbonyl (C=O) groups excluding carboxylic acids is 1. The van der Waals surface area contributed by atoms with E-state index < -0.39 is 0 Å². The molecular weight excluding hydrogens is 440 g/mol. The summed E-state index contributed by atoms with van der Waals surface area (Å²) in [6.45, 7) is 1.81. The summed E-state index contributed by atoms with van der Waals surface area (Å²) in [6, 6.07) is 23.5. The Morgan fingerprint density at radius 3 is 2.57 bits per heavy atom. The minimum atomic E-state index is -0.117.